The first-order valence-corrected chi connectivity index (χ1v) is 7.55. The maximum atomic E-state index is 13.0. The van der Waals surface area contributed by atoms with Crippen LogP contribution >= 0.6 is 38.5 Å². The number of hydrogen-bond donors (Lipinski definition) is 2. The zero-order chi connectivity index (χ0) is 15.6. The van der Waals surface area contributed by atoms with E-state index in [1.165, 1.54) is 36.4 Å². The number of hydrogen-bond acceptors (Lipinski definition) is 2. The standard InChI is InChI=1S/C14H8BrFINO3/c15-10-5-7(14(20)21)1-4-12(10)18-13(19)9-3-2-8(16)6-11(9)17/h1-6H,(H,18,19)(H,20,21). The quantitative estimate of drug-likeness (QED) is 0.672. The molecule has 0 aliphatic heterocycles. The Morgan fingerprint density at radius 1 is 1.19 bits per heavy atom. The highest BCUT2D eigenvalue weighted by Gasteiger charge is 2.13. The molecule has 0 bridgehead atoms. The van der Waals surface area contributed by atoms with E-state index in [2.05, 4.69) is 21.2 Å². The maximum Gasteiger partial charge on any atom is 0.335 e. The van der Waals surface area contributed by atoms with Gasteiger partial charge < -0.3 is 10.4 Å². The van der Waals surface area contributed by atoms with Crippen LogP contribution in [-0.4, -0.2) is 17.0 Å². The van der Waals surface area contributed by atoms with Crippen molar-refractivity contribution in [2.24, 2.45) is 0 Å². The zero-order valence-electron chi connectivity index (χ0n) is 10.4. The van der Waals surface area contributed by atoms with Gasteiger partial charge in [-0.1, -0.05) is 0 Å². The molecule has 0 saturated heterocycles. The fourth-order valence-corrected chi connectivity index (χ4v) is 2.81. The fourth-order valence-electron chi connectivity index (χ4n) is 1.61. The van der Waals surface area contributed by atoms with Crippen LogP contribution in [0.3, 0.4) is 0 Å². The van der Waals surface area contributed by atoms with Gasteiger partial charge >= 0.3 is 5.97 Å². The Morgan fingerprint density at radius 3 is 2.48 bits per heavy atom. The molecule has 7 heteroatoms. The average Bonchev–Trinajstić information content (AvgIpc) is 2.40. The number of halogens is 3. The molecule has 2 aromatic carbocycles. The number of amides is 1. The van der Waals surface area contributed by atoms with Crippen LogP contribution in [0, 0.1) is 9.39 Å². The Balaban J connectivity index is 2.25. The van der Waals surface area contributed by atoms with Gasteiger partial charge in [0.15, 0.2) is 0 Å². The molecule has 1 amide bonds. The molecule has 0 aliphatic rings. The molecule has 0 fully saturated rings. The highest BCUT2D eigenvalue weighted by molar-refractivity contribution is 14.1. The van der Waals surface area contributed by atoms with Gasteiger partial charge in [-0.25, -0.2) is 9.18 Å². The third-order valence-electron chi connectivity index (χ3n) is 2.64. The van der Waals surface area contributed by atoms with E-state index < -0.39 is 17.7 Å². The topological polar surface area (TPSA) is 66.4 Å². The van der Waals surface area contributed by atoms with Crippen LogP contribution in [0.5, 0.6) is 0 Å². The van der Waals surface area contributed by atoms with Crippen molar-refractivity contribution in [2.45, 2.75) is 0 Å². The molecular weight excluding hydrogens is 456 g/mol. The summed E-state index contributed by atoms with van der Waals surface area (Å²) >= 11 is 5.08. The van der Waals surface area contributed by atoms with Crippen LogP contribution in [-0.2, 0) is 0 Å². The van der Waals surface area contributed by atoms with Crippen LogP contribution in [0.2, 0.25) is 0 Å². The van der Waals surface area contributed by atoms with E-state index in [9.17, 15) is 14.0 Å². The summed E-state index contributed by atoms with van der Waals surface area (Å²) in [5.74, 6) is -1.87. The van der Waals surface area contributed by atoms with E-state index in [4.69, 9.17) is 5.11 Å². The zero-order valence-corrected chi connectivity index (χ0v) is 14.1. The Labute approximate surface area is 141 Å². The van der Waals surface area contributed by atoms with Crippen molar-refractivity contribution in [1.29, 1.82) is 0 Å². The summed E-state index contributed by atoms with van der Waals surface area (Å²) < 4.78 is 14.0. The number of carboxylic acids is 1. The number of benzene rings is 2. The molecule has 0 heterocycles. The van der Waals surface area contributed by atoms with E-state index in [0.717, 1.165) is 0 Å². The van der Waals surface area contributed by atoms with Crippen molar-refractivity contribution in [3.05, 3.63) is 61.4 Å². The Morgan fingerprint density at radius 2 is 1.90 bits per heavy atom. The van der Waals surface area contributed by atoms with Gasteiger partial charge in [0.25, 0.3) is 5.91 Å². The SMILES string of the molecule is O=C(O)c1ccc(NC(=O)c2ccc(F)cc2I)c(Br)c1. The summed E-state index contributed by atoms with van der Waals surface area (Å²) in [5, 5.41) is 11.5. The van der Waals surface area contributed by atoms with Gasteiger partial charge in [-0.15, -0.1) is 0 Å². The number of carbonyl (C=O) groups excluding carboxylic acids is 1. The van der Waals surface area contributed by atoms with Crippen molar-refractivity contribution in [3.63, 3.8) is 0 Å². The third-order valence-corrected chi connectivity index (χ3v) is 4.19. The number of nitrogens with one attached hydrogen (secondary N) is 1. The second kappa shape index (κ2) is 6.52. The highest BCUT2D eigenvalue weighted by atomic mass is 127. The molecule has 0 saturated carbocycles. The molecule has 0 aliphatic carbocycles. The molecule has 21 heavy (non-hydrogen) atoms. The minimum Gasteiger partial charge on any atom is -0.478 e. The first kappa shape index (κ1) is 15.9. The van der Waals surface area contributed by atoms with Gasteiger partial charge in [0.05, 0.1) is 16.8 Å². The van der Waals surface area contributed by atoms with Gasteiger partial charge in [-0.05, 0) is 74.9 Å². The molecule has 2 aromatic rings. The monoisotopic (exact) mass is 463 g/mol. The number of anilines is 1. The van der Waals surface area contributed by atoms with Gasteiger partial charge in [-0.2, -0.15) is 0 Å². The van der Waals surface area contributed by atoms with Crippen LogP contribution < -0.4 is 5.32 Å². The highest BCUT2D eigenvalue weighted by Crippen LogP contribution is 2.25. The molecule has 2 rings (SSSR count). The maximum absolute atomic E-state index is 13.0. The molecule has 4 nitrogen and oxygen atoms in total. The van der Waals surface area contributed by atoms with Crippen molar-refractivity contribution in [2.75, 3.05) is 5.32 Å². The van der Waals surface area contributed by atoms with Gasteiger partial charge in [0.2, 0.25) is 0 Å². The largest absolute Gasteiger partial charge is 0.478 e. The molecule has 0 aromatic heterocycles. The lowest BCUT2D eigenvalue weighted by Crippen LogP contribution is -2.14. The minimum atomic E-state index is -1.05. The number of aromatic carboxylic acids is 1. The van der Waals surface area contributed by atoms with Gasteiger partial charge in [-0.3, -0.25) is 4.79 Å². The molecule has 2 N–H and O–H groups in total. The summed E-state index contributed by atoms with van der Waals surface area (Å²) in [6.45, 7) is 0. The summed E-state index contributed by atoms with van der Waals surface area (Å²) in [6.07, 6.45) is 0. The first-order valence-electron chi connectivity index (χ1n) is 5.67. The van der Waals surface area contributed by atoms with E-state index in [0.29, 0.717) is 19.3 Å². The Hall–Kier alpha value is -1.48. The van der Waals surface area contributed by atoms with E-state index in [1.807, 2.05) is 22.6 Å². The van der Waals surface area contributed by atoms with Gasteiger partial charge in [0.1, 0.15) is 5.82 Å². The summed E-state index contributed by atoms with van der Waals surface area (Å²) in [4.78, 5) is 23.0. The number of carbonyl (C=O) groups is 2. The van der Waals surface area contributed by atoms with Crippen molar-refractivity contribution >= 4 is 56.1 Å². The molecule has 108 valence electrons. The summed E-state index contributed by atoms with van der Waals surface area (Å²) in [7, 11) is 0. The first-order chi connectivity index (χ1) is 9.88. The Bertz CT molecular complexity index is 736. The van der Waals surface area contributed by atoms with E-state index in [-0.39, 0.29) is 5.56 Å². The van der Waals surface area contributed by atoms with E-state index >= 15 is 0 Å². The lowest BCUT2D eigenvalue weighted by Gasteiger charge is -2.09. The second-order valence-corrected chi connectivity index (χ2v) is 6.09. The number of rotatable bonds is 3. The van der Waals surface area contributed by atoms with E-state index in [1.54, 1.807) is 0 Å². The smallest absolute Gasteiger partial charge is 0.335 e. The molecule has 0 spiro atoms. The van der Waals surface area contributed by atoms with Crippen LogP contribution in [0.15, 0.2) is 40.9 Å². The molecule has 0 atom stereocenters. The Kier molecular flexibility index (Phi) is 4.94. The lowest BCUT2D eigenvalue weighted by atomic mass is 10.2. The molecule has 0 radical (unpaired) electrons. The third kappa shape index (κ3) is 3.79. The normalized spacial score (nSPS) is 10.2. The number of carboxylic acid groups (broad SMARTS) is 1. The average molecular weight is 464 g/mol. The van der Waals surface area contributed by atoms with Crippen LogP contribution in [0.4, 0.5) is 10.1 Å². The molecule has 0 unspecified atom stereocenters. The second-order valence-electron chi connectivity index (χ2n) is 4.08. The minimum absolute atomic E-state index is 0.108. The predicted molar refractivity (Wildman–Crippen MR) is 88.2 cm³/mol. The molecular formula is C14H8BrFINO3. The fraction of sp³-hybridized carbons (Fsp3) is 0. The lowest BCUT2D eigenvalue weighted by molar-refractivity contribution is 0.0696. The van der Waals surface area contributed by atoms with Gasteiger partial charge in [0, 0.05) is 8.04 Å². The van der Waals surface area contributed by atoms with Crippen molar-refractivity contribution < 1.29 is 19.1 Å². The van der Waals surface area contributed by atoms with Crippen LogP contribution in [0.25, 0.3) is 0 Å². The van der Waals surface area contributed by atoms with Crippen molar-refractivity contribution in [3.8, 4) is 0 Å². The predicted octanol–water partition coefficient (Wildman–Crippen LogP) is 4.14. The van der Waals surface area contributed by atoms with Crippen molar-refractivity contribution in [1.82, 2.24) is 0 Å². The van der Waals surface area contributed by atoms with Crippen LogP contribution in [0.1, 0.15) is 20.7 Å². The summed E-state index contributed by atoms with van der Waals surface area (Å²) in [6, 6.07) is 8.14. The summed E-state index contributed by atoms with van der Waals surface area (Å²) in [5.41, 5.74) is 0.882.